The van der Waals surface area contributed by atoms with E-state index in [-0.39, 0.29) is 25.6 Å². The van der Waals surface area contributed by atoms with Gasteiger partial charge in [-0.15, -0.1) is 0 Å². The van der Waals surface area contributed by atoms with Gasteiger partial charge in [-0.3, -0.25) is 4.79 Å². The number of ether oxygens (including phenoxy) is 9. The minimum atomic E-state index is -1.11. The summed E-state index contributed by atoms with van der Waals surface area (Å²) in [6, 6.07) is 19.4. The molecule has 5 heterocycles. The molecule has 3 saturated heterocycles. The first-order valence-corrected chi connectivity index (χ1v) is 13.5. The van der Waals surface area contributed by atoms with Gasteiger partial charge in [0.05, 0.1) is 13.2 Å². The molecule has 0 unspecified atom stereocenters. The van der Waals surface area contributed by atoms with E-state index in [9.17, 15) is 4.79 Å². The van der Waals surface area contributed by atoms with E-state index in [1.54, 1.807) is 7.11 Å². The Balaban J connectivity index is 1.25. The Kier molecular flexibility index (Phi) is 6.97. The number of hydrogen-bond donors (Lipinski definition) is 0. The first kappa shape index (κ1) is 26.2. The van der Waals surface area contributed by atoms with E-state index in [0.29, 0.717) is 12.2 Å². The fourth-order valence-corrected chi connectivity index (χ4v) is 6.36. The van der Waals surface area contributed by atoms with Crippen LogP contribution in [-0.2, 0) is 47.4 Å². The fraction of sp³-hybridized carbons (Fsp3) is 0.500. The Morgan fingerprint density at radius 2 is 1.35 bits per heavy atom. The quantitative estimate of drug-likeness (QED) is 0.562. The summed E-state index contributed by atoms with van der Waals surface area (Å²) in [4.78, 5) is 14.1. The average molecular weight is 553 g/mol. The first-order valence-electron chi connectivity index (χ1n) is 13.5. The smallest absolute Gasteiger partial charge is 0.218 e. The second kappa shape index (κ2) is 10.6. The predicted molar refractivity (Wildman–Crippen MR) is 136 cm³/mol. The van der Waals surface area contributed by atoms with Crippen molar-refractivity contribution >= 4 is 5.78 Å². The van der Waals surface area contributed by atoms with Crippen molar-refractivity contribution in [1.29, 1.82) is 0 Å². The molecular formula is C30H32O10. The summed E-state index contributed by atoms with van der Waals surface area (Å²) in [5, 5.41) is 0. The minimum absolute atomic E-state index is 0.0514. The Hall–Kier alpha value is -2.67. The van der Waals surface area contributed by atoms with Gasteiger partial charge in [-0.05, 0) is 6.42 Å². The Labute approximate surface area is 232 Å². The zero-order chi connectivity index (χ0) is 27.3. The van der Waals surface area contributed by atoms with Crippen molar-refractivity contribution in [3.8, 4) is 0 Å². The van der Waals surface area contributed by atoms with Gasteiger partial charge in [-0.2, -0.15) is 0 Å². The molecule has 0 N–H and O–H groups in total. The minimum Gasteiger partial charge on any atom is -0.491 e. The average Bonchev–Trinajstić information content (AvgIpc) is 3.03. The van der Waals surface area contributed by atoms with Crippen molar-refractivity contribution in [2.45, 2.75) is 56.0 Å². The number of fused-ring (bicyclic) bond motifs is 4. The molecule has 0 aliphatic carbocycles. The van der Waals surface area contributed by atoms with Crippen LogP contribution in [0, 0.1) is 5.41 Å². The van der Waals surface area contributed by atoms with Crippen LogP contribution in [0.25, 0.3) is 0 Å². The molecule has 0 saturated carbocycles. The first-order chi connectivity index (χ1) is 19.6. The van der Waals surface area contributed by atoms with Crippen molar-refractivity contribution in [1.82, 2.24) is 0 Å². The van der Waals surface area contributed by atoms with E-state index in [1.165, 1.54) is 7.11 Å². The summed E-state index contributed by atoms with van der Waals surface area (Å²) in [6.07, 6.45) is -4.90. The van der Waals surface area contributed by atoms with Crippen LogP contribution in [0.2, 0.25) is 0 Å². The second-order valence-electron chi connectivity index (χ2n) is 10.6. The van der Waals surface area contributed by atoms with Gasteiger partial charge >= 0.3 is 0 Å². The molecule has 212 valence electrons. The van der Waals surface area contributed by atoms with Gasteiger partial charge in [0.2, 0.25) is 18.4 Å². The van der Waals surface area contributed by atoms with Gasteiger partial charge in [-0.1, -0.05) is 60.7 Å². The van der Waals surface area contributed by atoms with Crippen molar-refractivity contribution in [3.63, 3.8) is 0 Å². The molecule has 9 atom stereocenters. The van der Waals surface area contributed by atoms with Crippen LogP contribution in [-0.4, -0.2) is 76.8 Å². The van der Waals surface area contributed by atoms with E-state index < -0.39 is 55.0 Å². The van der Waals surface area contributed by atoms with E-state index in [2.05, 4.69) is 0 Å². The largest absolute Gasteiger partial charge is 0.491 e. The van der Waals surface area contributed by atoms with Gasteiger partial charge < -0.3 is 42.6 Å². The molecule has 0 amide bonds. The number of rotatable bonds is 4. The van der Waals surface area contributed by atoms with Crippen LogP contribution < -0.4 is 0 Å². The van der Waals surface area contributed by atoms with Gasteiger partial charge in [0.15, 0.2) is 18.3 Å². The molecule has 1 spiro atoms. The molecule has 0 aromatic heterocycles. The lowest BCUT2D eigenvalue weighted by Crippen LogP contribution is -2.67. The molecule has 0 radical (unpaired) electrons. The topological polar surface area (TPSA) is 100 Å². The molecule has 10 heteroatoms. The molecule has 5 aliphatic rings. The maximum absolute atomic E-state index is 14.1. The normalized spacial score (nSPS) is 39.2. The molecule has 3 fully saturated rings. The molecule has 40 heavy (non-hydrogen) atoms. The van der Waals surface area contributed by atoms with Crippen molar-refractivity contribution in [3.05, 3.63) is 83.1 Å². The van der Waals surface area contributed by atoms with Crippen LogP contribution in [0.5, 0.6) is 0 Å². The SMILES string of the molecule is CO[C@@H]1O[C@@H]2CO[C@H](c3ccccc3)O[C@@H]2[C@]2(COC3=C(C2)[C@@H]2O[C@H](c4ccccc4)OC[C@H]2O[C@@H]3OC)C1=O. The standard InChI is InChI=1S/C30H32O10/c1-32-28-23-19(22-20(37-28)14-34-26(39-22)17-9-5-3-6-10-17)13-30(16-36-23)24(31)29(33-2)38-21-15-35-27(40-25(21)30)18-11-7-4-8-12-18/h3-12,20-22,25-29H,13-16H2,1-2H3/t20-,21-,22+,25+,26-,27+,28+,29-,30-/m1/s1. The summed E-state index contributed by atoms with van der Waals surface area (Å²) in [7, 11) is 3.02. The third kappa shape index (κ3) is 4.31. The zero-order valence-electron chi connectivity index (χ0n) is 22.3. The fourth-order valence-electron chi connectivity index (χ4n) is 6.36. The maximum Gasteiger partial charge on any atom is 0.218 e. The molecular weight excluding hydrogens is 520 g/mol. The van der Waals surface area contributed by atoms with Gasteiger partial charge in [-0.25, -0.2) is 0 Å². The van der Waals surface area contributed by atoms with Crippen LogP contribution in [0.4, 0.5) is 0 Å². The Morgan fingerprint density at radius 3 is 2.00 bits per heavy atom. The highest BCUT2D eigenvalue weighted by molar-refractivity contribution is 5.90. The zero-order valence-corrected chi connectivity index (χ0v) is 22.3. The summed E-state index contributed by atoms with van der Waals surface area (Å²) in [6.45, 7) is 0.579. The molecule has 7 rings (SSSR count). The molecule has 0 bridgehead atoms. The van der Waals surface area contributed by atoms with Gasteiger partial charge in [0.1, 0.15) is 36.4 Å². The van der Waals surface area contributed by atoms with Crippen LogP contribution >= 0.6 is 0 Å². The third-order valence-electron chi connectivity index (χ3n) is 8.32. The summed E-state index contributed by atoms with van der Waals surface area (Å²) in [5.41, 5.74) is 1.44. The van der Waals surface area contributed by atoms with Crippen LogP contribution in [0.3, 0.4) is 0 Å². The van der Waals surface area contributed by atoms with E-state index in [0.717, 1.165) is 16.7 Å². The highest BCUT2D eigenvalue weighted by atomic mass is 16.8. The van der Waals surface area contributed by atoms with E-state index in [1.807, 2.05) is 60.7 Å². The second-order valence-corrected chi connectivity index (χ2v) is 10.6. The lowest BCUT2D eigenvalue weighted by molar-refractivity contribution is -0.335. The van der Waals surface area contributed by atoms with Gasteiger partial charge in [0.25, 0.3) is 0 Å². The molecule has 2 aromatic rings. The van der Waals surface area contributed by atoms with Crippen molar-refractivity contribution < 1.29 is 47.4 Å². The lowest BCUT2D eigenvalue weighted by Gasteiger charge is -2.54. The highest BCUT2D eigenvalue weighted by Gasteiger charge is 2.63. The predicted octanol–water partition coefficient (Wildman–Crippen LogP) is 3.19. The Morgan fingerprint density at radius 1 is 0.750 bits per heavy atom. The Bertz CT molecular complexity index is 1250. The monoisotopic (exact) mass is 552 g/mol. The van der Waals surface area contributed by atoms with Crippen molar-refractivity contribution in [2.24, 2.45) is 5.41 Å². The summed E-state index contributed by atoms with van der Waals surface area (Å²) < 4.78 is 54.8. The van der Waals surface area contributed by atoms with Gasteiger partial charge in [0, 0.05) is 30.9 Å². The lowest BCUT2D eigenvalue weighted by atomic mass is 9.67. The number of carbonyl (C=O) groups is 1. The highest BCUT2D eigenvalue weighted by Crippen LogP contribution is 2.52. The van der Waals surface area contributed by atoms with E-state index in [4.69, 9.17) is 42.6 Å². The van der Waals surface area contributed by atoms with Crippen LogP contribution in [0.1, 0.15) is 30.1 Å². The molecule has 2 aromatic carbocycles. The number of carbonyl (C=O) groups excluding carboxylic acids is 1. The number of benzene rings is 2. The van der Waals surface area contributed by atoms with Crippen molar-refractivity contribution in [2.75, 3.05) is 34.0 Å². The number of Topliss-reactive ketones (excluding diaryl/α,β-unsaturated/α-hetero) is 1. The summed E-state index contributed by atoms with van der Waals surface area (Å²) in [5.74, 6) is 0.291. The molecule has 10 nitrogen and oxygen atoms in total. The summed E-state index contributed by atoms with van der Waals surface area (Å²) >= 11 is 0. The third-order valence-corrected chi connectivity index (χ3v) is 8.32. The maximum atomic E-state index is 14.1. The number of hydrogen-bond acceptors (Lipinski definition) is 10. The number of methoxy groups -OCH3 is 2. The van der Waals surface area contributed by atoms with E-state index >= 15 is 0 Å². The number of ketones is 1. The van der Waals surface area contributed by atoms with Crippen LogP contribution in [0.15, 0.2) is 72.0 Å². The molecule has 5 aliphatic heterocycles.